The smallest absolute Gasteiger partial charge is 0.269 e. The maximum atomic E-state index is 10.5. The van der Waals surface area contributed by atoms with Gasteiger partial charge in [0, 0.05) is 6.20 Å². The van der Waals surface area contributed by atoms with E-state index in [1.807, 2.05) is 0 Å². The van der Waals surface area contributed by atoms with E-state index in [4.69, 9.17) is 0 Å². The lowest BCUT2D eigenvalue weighted by atomic mass is 10.4. The van der Waals surface area contributed by atoms with Gasteiger partial charge >= 0.3 is 10.1 Å². The highest BCUT2D eigenvalue weighted by molar-refractivity contribution is 7.85. The molecule has 0 amide bonds. The van der Waals surface area contributed by atoms with Crippen LogP contribution in [0.5, 0.6) is 0 Å². The van der Waals surface area contributed by atoms with Crippen molar-refractivity contribution < 1.29 is 12.7 Å². The fraction of sp³-hybridized carbons (Fsp3) is 0.143. The van der Waals surface area contributed by atoms with Crippen LogP contribution in [0.25, 0.3) is 0 Å². The van der Waals surface area contributed by atoms with Crippen molar-refractivity contribution in [3.63, 3.8) is 0 Å². The molecular weight excluding hydrogens is 192 g/mol. The van der Waals surface area contributed by atoms with Gasteiger partial charge in [-0.15, -0.1) is 0 Å². The zero-order valence-electron chi connectivity index (χ0n) is 6.91. The second-order valence-corrected chi connectivity index (χ2v) is 3.83. The molecule has 0 bridgehead atoms. The molecule has 1 heterocycles. The average Bonchev–Trinajstić information content (AvgIpc) is 2.04. The Bertz CT molecular complexity index is 385. The van der Waals surface area contributed by atoms with E-state index in [0.717, 1.165) is 6.26 Å². The summed E-state index contributed by atoms with van der Waals surface area (Å²) in [5, 5.41) is 3.24. The van der Waals surface area contributed by atoms with Crippen LogP contribution in [0.15, 0.2) is 29.6 Å². The summed E-state index contributed by atoms with van der Waals surface area (Å²) in [7, 11) is -3.52. The van der Waals surface area contributed by atoms with Crippen LogP contribution in [0.3, 0.4) is 0 Å². The Morgan fingerprint density at radius 2 is 2.31 bits per heavy atom. The van der Waals surface area contributed by atoms with Crippen molar-refractivity contribution in [3.05, 3.63) is 30.1 Å². The van der Waals surface area contributed by atoms with Gasteiger partial charge in [0.15, 0.2) is 0 Å². The molecule has 0 unspecified atom stereocenters. The molecule has 70 valence electrons. The van der Waals surface area contributed by atoms with Crippen LogP contribution in [0.4, 0.5) is 0 Å². The van der Waals surface area contributed by atoms with Gasteiger partial charge in [-0.05, 0) is 12.1 Å². The van der Waals surface area contributed by atoms with E-state index in [1.165, 1.54) is 6.21 Å². The summed E-state index contributed by atoms with van der Waals surface area (Å²) in [6.07, 6.45) is 3.71. The van der Waals surface area contributed by atoms with Crippen molar-refractivity contribution in [3.8, 4) is 0 Å². The zero-order chi connectivity index (χ0) is 9.73. The van der Waals surface area contributed by atoms with Gasteiger partial charge in [-0.3, -0.25) is 9.27 Å². The van der Waals surface area contributed by atoms with Crippen LogP contribution in [0.1, 0.15) is 5.69 Å². The first-order chi connectivity index (χ1) is 6.08. The van der Waals surface area contributed by atoms with Crippen LogP contribution in [0, 0.1) is 0 Å². The fourth-order valence-electron chi connectivity index (χ4n) is 0.606. The minimum Gasteiger partial charge on any atom is -0.269 e. The van der Waals surface area contributed by atoms with Gasteiger partial charge in [0.25, 0.3) is 0 Å². The number of hydrogen-bond acceptors (Lipinski definition) is 5. The van der Waals surface area contributed by atoms with Crippen LogP contribution in [0.2, 0.25) is 0 Å². The highest BCUT2D eigenvalue weighted by Gasteiger charge is 1.97. The number of rotatable bonds is 3. The Morgan fingerprint density at radius 3 is 2.85 bits per heavy atom. The minimum atomic E-state index is -3.52. The molecule has 0 aliphatic rings. The van der Waals surface area contributed by atoms with Crippen LogP contribution in [-0.2, 0) is 14.4 Å². The number of hydrogen-bond donors (Lipinski definition) is 0. The van der Waals surface area contributed by atoms with Crippen molar-refractivity contribution in [2.45, 2.75) is 0 Å². The molecule has 6 heteroatoms. The molecule has 0 saturated heterocycles. The van der Waals surface area contributed by atoms with E-state index in [2.05, 4.69) is 14.4 Å². The number of oxime groups is 1. The lowest BCUT2D eigenvalue weighted by Gasteiger charge is -1.91. The maximum absolute atomic E-state index is 10.5. The van der Waals surface area contributed by atoms with Crippen molar-refractivity contribution in [2.75, 3.05) is 6.26 Å². The third kappa shape index (κ3) is 4.22. The highest BCUT2D eigenvalue weighted by atomic mass is 32.2. The quantitative estimate of drug-likeness (QED) is 0.523. The number of aromatic nitrogens is 1. The van der Waals surface area contributed by atoms with Gasteiger partial charge in [0.05, 0.1) is 18.2 Å². The molecule has 0 saturated carbocycles. The van der Waals surface area contributed by atoms with Gasteiger partial charge in [0.1, 0.15) is 0 Å². The molecule has 0 radical (unpaired) electrons. The summed E-state index contributed by atoms with van der Waals surface area (Å²) < 4.78 is 25.1. The Labute approximate surface area is 76.2 Å². The molecule has 0 aliphatic carbocycles. The number of pyridine rings is 1. The molecule has 0 N–H and O–H groups in total. The molecule has 1 aromatic heterocycles. The minimum absolute atomic E-state index is 0.533. The van der Waals surface area contributed by atoms with E-state index < -0.39 is 10.1 Å². The zero-order valence-corrected chi connectivity index (χ0v) is 7.73. The van der Waals surface area contributed by atoms with Gasteiger partial charge in [-0.1, -0.05) is 11.2 Å². The Hall–Kier alpha value is -1.43. The van der Waals surface area contributed by atoms with Crippen LogP contribution < -0.4 is 0 Å². The summed E-state index contributed by atoms with van der Waals surface area (Å²) in [5.74, 6) is 0. The van der Waals surface area contributed by atoms with Crippen LogP contribution >= 0.6 is 0 Å². The topological polar surface area (TPSA) is 68.6 Å². The second-order valence-electron chi connectivity index (χ2n) is 2.27. The lowest BCUT2D eigenvalue weighted by molar-refractivity contribution is 0.345. The van der Waals surface area contributed by atoms with E-state index in [1.54, 1.807) is 24.4 Å². The third-order valence-electron chi connectivity index (χ3n) is 1.05. The summed E-state index contributed by atoms with van der Waals surface area (Å²) in [5.41, 5.74) is 0.533. The summed E-state index contributed by atoms with van der Waals surface area (Å²) in [4.78, 5) is 3.87. The first kappa shape index (κ1) is 9.66. The third-order valence-corrected chi connectivity index (χ3v) is 1.41. The predicted molar refractivity (Wildman–Crippen MR) is 47.8 cm³/mol. The average molecular weight is 200 g/mol. The molecule has 13 heavy (non-hydrogen) atoms. The Kier molecular flexibility index (Phi) is 2.97. The van der Waals surface area contributed by atoms with Crippen LogP contribution in [-0.4, -0.2) is 25.9 Å². The monoisotopic (exact) mass is 200 g/mol. The lowest BCUT2D eigenvalue weighted by Crippen LogP contribution is -1.97. The molecule has 0 aliphatic heterocycles. The van der Waals surface area contributed by atoms with E-state index >= 15 is 0 Å². The predicted octanol–water partition coefficient (Wildman–Crippen LogP) is 0.392. The summed E-state index contributed by atoms with van der Waals surface area (Å²) >= 11 is 0. The Balaban J connectivity index is 2.61. The molecule has 1 aromatic rings. The maximum Gasteiger partial charge on any atom is 0.325 e. The molecular formula is C7H8N2O3S. The van der Waals surface area contributed by atoms with E-state index in [9.17, 15) is 8.42 Å². The first-order valence-corrected chi connectivity index (χ1v) is 5.22. The van der Waals surface area contributed by atoms with E-state index in [-0.39, 0.29) is 0 Å². The molecule has 0 fully saturated rings. The first-order valence-electron chi connectivity index (χ1n) is 3.41. The number of nitrogens with zero attached hydrogens (tertiary/aromatic N) is 2. The summed E-state index contributed by atoms with van der Waals surface area (Å²) in [6.45, 7) is 0. The molecule has 1 rings (SSSR count). The van der Waals surface area contributed by atoms with Crippen molar-refractivity contribution in [1.29, 1.82) is 0 Å². The Morgan fingerprint density at radius 1 is 1.54 bits per heavy atom. The summed E-state index contributed by atoms with van der Waals surface area (Å²) in [6, 6.07) is 5.18. The molecule has 0 atom stereocenters. The molecule has 0 aromatic carbocycles. The fourth-order valence-corrected chi connectivity index (χ4v) is 0.805. The largest absolute Gasteiger partial charge is 0.325 e. The molecule has 5 nitrogen and oxygen atoms in total. The molecule has 0 spiro atoms. The van der Waals surface area contributed by atoms with Gasteiger partial charge < -0.3 is 0 Å². The standard InChI is InChI=1S/C7H8N2O3S/c1-13(10,11)12-9-6-7-4-2-3-5-8-7/h2-6H,1H3. The van der Waals surface area contributed by atoms with Gasteiger partial charge in [-0.25, -0.2) is 0 Å². The normalized spacial score (nSPS) is 11.8. The van der Waals surface area contributed by atoms with Gasteiger partial charge in [-0.2, -0.15) is 8.42 Å². The van der Waals surface area contributed by atoms with Crippen molar-refractivity contribution in [1.82, 2.24) is 4.98 Å². The second kappa shape index (κ2) is 3.99. The SMILES string of the molecule is CS(=O)(=O)ON=Cc1ccccn1. The van der Waals surface area contributed by atoms with Crippen molar-refractivity contribution >= 4 is 16.3 Å². The highest BCUT2D eigenvalue weighted by Crippen LogP contribution is 1.91. The van der Waals surface area contributed by atoms with Crippen molar-refractivity contribution in [2.24, 2.45) is 5.16 Å². The van der Waals surface area contributed by atoms with Gasteiger partial charge in [0.2, 0.25) is 0 Å². The van der Waals surface area contributed by atoms with E-state index in [0.29, 0.717) is 5.69 Å².